The van der Waals surface area contributed by atoms with Gasteiger partial charge in [0.05, 0.1) is 6.42 Å². The molecule has 1 rings (SSSR count). The Hall–Kier alpha value is -0.570. The average molecular weight is 227 g/mol. The maximum Gasteiger partial charge on any atom is 0.307 e. The second-order valence-corrected chi connectivity index (χ2v) is 5.22. The quantitative estimate of drug-likeness (QED) is 0.593. The van der Waals surface area contributed by atoms with Gasteiger partial charge in [-0.3, -0.25) is 4.79 Å². The van der Waals surface area contributed by atoms with E-state index in [4.69, 9.17) is 10.5 Å². The van der Waals surface area contributed by atoms with Crippen molar-refractivity contribution in [1.29, 1.82) is 0 Å². The number of hydrogen-bond donors (Lipinski definition) is 1. The highest BCUT2D eigenvalue weighted by atomic mass is 16.5. The molecule has 0 aromatic rings. The lowest BCUT2D eigenvalue weighted by atomic mass is 10.0. The molecule has 1 atom stereocenters. The summed E-state index contributed by atoms with van der Waals surface area (Å²) in [5, 5.41) is 0. The number of rotatable bonds is 4. The van der Waals surface area contributed by atoms with Gasteiger partial charge >= 0.3 is 5.97 Å². The summed E-state index contributed by atoms with van der Waals surface area (Å²) in [6, 6.07) is -0.0710. The third-order valence-corrected chi connectivity index (χ3v) is 3.36. The van der Waals surface area contributed by atoms with E-state index in [1.807, 2.05) is 13.8 Å². The van der Waals surface area contributed by atoms with Crippen LogP contribution >= 0.6 is 0 Å². The zero-order valence-corrected chi connectivity index (χ0v) is 10.6. The normalized spacial score (nSPS) is 20.5. The molecule has 1 fully saturated rings. The third kappa shape index (κ3) is 4.97. The van der Waals surface area contributed by atoms with Crippen LogP contribution in [0.3, 0.4) is 0 Å². The van der Waals surface area contributed by atoms with Crippen molar-refractivity contribution in [3.63, 3.8) is 0 Å². The van der Waals surface area contributed by atoms with Crippen molar-refractivity contribution >= 4 is 5.97 Å². The zero-order chi connectivity index (χ0) is 12.0. The minimum absolute atomic E-state index is 0.0710. The van der Waals surface area contributed by atoms with Gasteiger partial charge in [-0.2, -0.15) is 0 Å². The van der Waals surface area contributed by atoms with Gasteiger partial charge in [0.25, 0.3) is 0 Å². The van der Waals surface area contributed by atoms with E-state index < -0.39 is 0 Å². The number of esters is 1. The molecule has 0 aromatic carbocycles. The van der Waals surface area contributed by atoms with Crippen LogP contribution in [0.15, 0.2) is 0 Å². The van der Waals surface area contributed by atoms with E-state index in [9.17, 15) is 4.79 Å². The number of hydrogen-bond acceptors (Lipinski definition) is 3. The fourth-order valence-electron chi connectivity index (χ4n) is 2.02. The van der Waals surface area contributed by atoms with Gasteiger partial charge in [-0.1, -0.05) is 26.7 Å². The van der Waals surface area contributed by atoms with Gasteiger partial charge in [-0.05, 0) is 31.6 Å². The highest BCUT2D eigenvalue weighted by molar-refractivity contribution is 5.70. The molecule has 0 aliphatic heterocycles. The number of nitrogens with two attached hydrogens (primary N) is 1. The average Bonchev–Trinajstić information content (AvgIpc) is 2.45. The lowest BCUT2D eigenvalue weighted by Crippen LogP contribution is -2.31. The summed E-state index contributed by atoms with van der Waals surface area (Å²) in [6.45, 7) is 4.06. The Morgan fingerprint density at radius 2 is 1.81 bits per heavy atom. The lowest BCUT2D eigenvalue weighted by molar-refractivity contribution is -0.150. The van der Waals surface area contributed by atoms with Crippen LogP contribution in [0.5, 0.6) is 0 Å². The fraction of sp³-hybridized carbons (Fsp3) is 0.923. The Balaban J connectivity index is 2.26. The van der Waals surface area contributed by atoms with E-state index in [-0.39, 0.29) is 18.1 Å². The molecular formula is C13H25NO2. The maximum absolute atomic E-state index is 11.6. The van der Waals surface area contributed by atoms with Crippen LogP contribution in [0.2, 0.25) is 0 Å². The summed E-state index contributed by atoms with van der Waals surface area (Å²) in [5.74, 6) is 0.217. The minimum Gasteiger partial charge on any atom is -0.462 e. The van der Waals surface area contributed by atoms with Crippen LogP contribution in [-0.4, -0.2) is 18.1 Å². The molecule has 0 aromatic heterocycles. The first-order valence-electron chi connectivity index (χ1n) is 6.54. The van der Waals surface area contributed by atoms with Crippen molar-refractivity contribution in [3.05, 3.63) is 0 Å². The van der Waals surface area contributed by atoms with Gasteiger partial charge in [0.2, 0.25) is 0 Å². The van der Waals surface area contributed by atoms with Crippen LogP contribution in [0.4, 0.5) is 0 Å². The minimum atomic E-state index is -0.117. The first-order valence-corrected chi connectivity index (χ1v) is 6.54. The molecule has 0 amide bonds. The molecule has 3 heteroatoms. The number of carbonyl (C=O) groups is 1. The molecule has 0 saturated heterocycles. The molecule has 94 valence electrons. The molecule has 2 N–H and O–H groups in total. The highest BCUT2D eigenvalue weighted by Crippen LogP contribution is 2.20. The fourth-order valence-corrected chi connectivity index (χ4v) is 2.02. The zero-order valence-electron chi connectivity index (χ0n) is 10.6. The summed E-state index contributed by atoms with van der Waals surface area (Å²) >= 11 is 0. The van der Waals surface area contributed by atoms with Crippen LogP contribution < -0.4 is 5.73 Å². The van der Waals surface area contributed by atoms with Crippen molar-refractivity contribution in [2.24, 2.45) is 11.7 Å². The van der Waals surface area contributed by atoms with Crippen LogP contribution in [-0.2, 0) is 9.53 Å². The van der Waals surface area contributed by atoms with Gasteiger partial charge in [-0.15, -0.1) is 0 Å². The van der Waals surface area contributed by atoms with Crippen LogP contribution in [0, 0.1) is 5.92 Å². The van der Waals surface area contributed by atoms with Gasteiger partial charge in [0.15, 0.2) is 0 Å². The van der Waals surface area contributed by atoms with Gasteiger partial charge < -0.3 is 10.5 Å². The molecule has 1 saturated carbocycles. The molecule has 1 unspecified atom stereocenters. The Bertz CT molecular complexity index is 208. The SMILES string of the molecule is CC(C)C(N)CC(=O)OC1CCCCCC1. The van der Waals surface area contributed by atoms with E-state index >= 15 is 0 Å². The smallest absolute Gasteiger partial charge is 0.307 e. The molecule has 0 radical (unpaired) electrons. The number of ether oxygens (including phenoxy) is 1. The second kappa shape index (κ2) is 6.89. The summed E-state index contributed by atoms with van der Waals surface area (Å²) in [4.78, 5) is 11.6. The first kappa shape index (κ1) is 13.5. The Kier molecular flexibility index (Phi) is 5.81. The Morgan fingerprint density at radius 3 is 2.31 bits per heavy atom. The standard InChI is InChI=1S/C13H25NO2/c1-10(2)12(14)9-13(15)16-11-7-5-3-4-6-8-11/h10-12H,3-9,14H2,1-2H3. The van der Waals surface area contributed by atoms with E-state index in [0.29, 0.717) is 12.3 Å². The molecule has 1 aliphatic rings. The van der Waals surface area contributed by atoms with Gasteiger partial charge in [0, 0.05) is 6.04 Å². The maximum atomic E-state index is 11.6. The molecule has 0 bridgehead atoms. The predicted octanol–water partition coefficient (Wildman–Crippen LogP) is 2.63. The van der Waals surface area contributed by atoms with Crippen molar-refractivity contribution < 1.29 is 9.53 Å². The summed E-state index contributed by atoms with van der Waals surface area (Å²) < 4.78 is 5.47. The van der Waals surface area contributed by atoms with E-state index in [2.05, 4.69) is 0 Å². The molecule has 3 nitrogen and oxygen atoms in total. The topological polar surface area (TPSA) is 52.3 Å². The molecular weight excluding hydrogens is 202 g/mol. The largest absolute Gasteiger partial charge is 0.462 e. The summed E-state index contributed by atoms with van der Waals surface area (Å²) in [5.41, 5.74) is 5.85. The molecule has 0 heterocycles. The van der Waals surface area contributed by atoms with Gasteiger partial charge in [0.1, 0.15) is 6.10 Å². The van der Waals surface area contributed by atoms with Crippen LogP contribution in [0.1, 0.15) is 58.8 Å². The van der Waals surface area contributed by atoms with Crippen molar-refractivity contribution in [1.82, 2.24) is 0 Å². The molecule has 1 aliphatic carbocycles. The van der Waals surface area contributed by atoms with Crippen molar-refractivity contribution in [2.45, 2.75) is 70.9 Å². The summed E-state index contributed by atoms with van der Waals surface area (Å²) in [6.07, 6.45) is 7.50. The second-order valence-electron chi connectivity index (χ2n) is 5.22. The highest BCUT2D eigenvalue weighted by Gasteiger charge is 2.19. The Labute approximate surface area is 98.7 Å². The monoisotopic (exact) mass is 227 g/mol. The van der Waals surface area contributed by atoms with E-state index in [0.717, 1.165) is 12.8 Å². The van der Waals surface area contributed by atoms with E-state index in [1.165, 1.54) is 25.7 Å². The predicted molar refractivity (Wildman–Crippen MR) is 65.0 cm³/mol. The number of carbonyl (C=O) groups excluding carboxylic acids is 1. The third-order valence-electron chi connectivity index (χ3n) is 3.36. The van der Waals surface area contributed by atoms with Crippen LogP contribution in [0.25, 0.3) is 0 Å². The summed E-state index contributed by atoms with van der Waals surface area (Å²) in [7, 11) is 0. The molecule has 16 heavy (non-hydrogen) atoms. The van der Waals surface area contributed by atoms with Crippen molar-refractivity contribution in [2.75, 3.05) is 0 Å². The van der Waals surface area contributed by atoms with E-state index in [1.54, 1.807) is 0 Å². The van der Waals surface area contributed by atoms with Gasteiger partial charge in [-0.25, -0.2) is 0 Å². The lowest BCUT2D eigenvalue weighted by Gasteiger charge is -2.19. The Morgan fingerprint density at radius 1 is 1.25 bits per heavy atom. The first-order chi connectivity index (χ1) is 7.59. The van der Waals surface area contributed by atoms with Crippen molar-refractivity contribution in [3.8, 4) is 0 Å². The molecule has 0 spiro atoms.